The normalized spacial score (nSPS) is 10.0. The molecule has 0 atom stereocenters. The van der Waals surface area contributed by atoms with Crippen LogP contribution in [-0.4, -0.2) is 0 Å². The first-order chi connectivity index (χ1) is 10.7. The molecule has 0 radical (unpaired) electrons. The SMILES string of the molecule is CCc1cc[c-](CC)c1CC.CCc1cc[c-](CC)c1CC.[Zr+2]. The van der Waals surface area contributed by atoms with Gasteiger partial charge in [0.05, 0.1) is 0 Å². The smallest absolute Gasteiger partial charge is 0.210 e. The van der Waals surface area contributed by atoms with E-state index in [4.69, 9.17) is 0 Å². The van der Waals surface area contributed by atoms with Crippen LogP contribution in [0, 0.1) is 0 Å². The summed E-state index contributed by atoms with van der Waals surface area (Å²) in [5.41, 5.74) is 9.37. The van der Waals surface area contributed by atoms with Gasteiger partial charge in [-0.05, 0) is 0 Å². The fraction of sp³-hybridized carbons (Fsp3) is 0.545. The fourth-order valence-electron chi connectivity index (χ4n) is 3.45. The van der Waals surface area contributed by atoms with E-state index < -0.39 is 0 Å². The first-order valence-corrected chi connectivity index (χ1v) is 9.19. The van der Waals surface area contributed by atoms with Gasteiger partial charge in [-0.1, -0.05) is 80.1 Å². The van der Waals surface area contributed by atoms with Gasteiger partial charge in [0.1, 0.15) is 0 Å². The van der Waals surface area contributed by atoms with Gasteiger partial charge in [-0.15, -0.1) is 0 Å². The van der Waals surface area contributed by atoms with Crippen LogP contribution in [0.5, 0.6) is 0 Å². The van der Waals surface area contributed by atoms with Crippen molar-refractivity contribution in [3.05, 3.63) is 57.6 Å². The second-order valence-electron chi connectivity index (χ2n) is 5.85. The molecule has 2 aromatic rings. The maximum absolute atomic E-state index is 2.28. The Morgan fingerprint density at radius 2 is 0.957 bits per heavy atom. The maximum atomic E-state index is 2.28. The molecule has 0 fully saturated rings. The van der Waals surface area contributed by atoms with E-state index in [9.17, 15) is 0 Å². The second-order valence-corrected chi connectivity index (χ2v) is 5.85. The van der Waals surface area contributed by atoms with E-state index in [1.165, 1.54) is 38.5 Å². The van der Waals surface area contributed by atoms with Gasteiger partial charge in [-0.25, -0.2) is 12.1 Å². The summed E-state index contributed by atoms with van der Waals surface area (Å²) in [7, 11) is 0. The van der Waals surface area contributed by atoms with Crippen LogP contribution in [0.15, 0.2) is 24.3 Å². The molecule has 2 rings (SSSR count). The van der Waals surface area contributed by atoms with E-state index in [-0.39, 0.29) is 26.2 Å². The van der Waals surface area contributed by atoms with Gasteiger partial charge < -0.3 is 0 Å². The third-order valence-corrected chi connectivity index (χ3v) is 4.75. The molecule has 126 valence electrons. The predicted molar refractivity (Wildman–Crippen MR) is 100 cm³/mol. The monoisotopic (exact) mass is 388 g/mol. The van der Waals surface area contributed by atoms with Crippen LogP contribution in [0.2, 0.25) is 0 Å². The Labute approximate surface area is 163 Å². The van der Waals surface area contributed by atoms with Crippen molar-refractivity contribution in [1.29, 1.82) is 0 Å². The van der Waals surface area contributed by atoms with Gasteiger partial charge >= 0.3 is 26.2 Å². The van der Waals surface area contributed by atoms with Crippen molar-refractivity contribution < 1.29 is 26.2 Å². The van der Waals surface area contributed by atoms with Gasteiger partial charge in [0.2, 0.25) is 0 Å². The maximum Gasteiger partial charge on any atom is 2.00 e. The Bertz CT molecular complexity index is 449. The Kier molecular flexibility index (Phi) is 11.8. The van der Waals surface area contributed by atoms with E-state index in [0.29, 0.717) is 0 Å². The average Bonchev–Trinajstić information content (AvgIpc) is 3.16. The summed E-state index contributed by atoms with van der Waals surface area (Å²) in [6.45, 7) is 13.4. The van der Waals surface area contributed by atoms with Gasteiger partial charge in [-0.2, -0.15) is 45.5 Å². The van der Waals surface area contributed by atoms with Crippen molar-refractivity contribution in [2.24, 2.45) is 0 Å². The zero-order valence-electron chi connectivity index (χ0n) is 16.1. The van der Waals surface area contributed by atoms with Crippen LogP contribution in [-0.2, 0) is 64.7 Å². The minimum Gasteiger partial charge on any atom is -0.210 e. The summed E-state index contributed by atoms with van der Waals surface area (Å²) in [5, 5.41) is 0. The third kappa shape index (κ3) is 5.86. The van der Waals surface area contributed by atoms with Crippen molar-refractivity contribution >= 4 is 0 Å². The molecular weight excluding hydrogens is 355 g/mol. The standard InChI is InChI=1S/2C11H17.Zr/c2*1-4-9-7-8-10(5-2)11(9)6-3;/h2*7-8H,4-6H2,1-3H3;/q2*-1;+2. The molecule has 0 saturated carbocycles. The first kappa shape index (κ1) is 22.6. The third-order valence-electron chi connectivity index (χ3n) is 4.75. The van der Waals surface area contributed by atoms with Gasteiger partial charge in [0.25, 0.3) is 0 Å². The summed E-state index contributed by atoms with van der Waals surface area (Å²) in [5.74, 6) is 0. The molecule has 0 saturated heterocycles. The van der Waals surface area contributed by atoms with Gasteiger partial charge in [-0.3, -0.25) is 0 Å². The van der Waals surface area contributed by atoms with Crippen LogP contribution in [0.4, 0.5) is 0 Å². The number of hydrogen-bond acceptors (Lipinski definition) is 0. The van der Waals surface area contributed by atoms with Crippen LogP contribution in [0.25, 0.3) is 0 Å². The Morgan fingerprint density at radius 3 is 1.17 bits per heavy atom. The molecule has 2 aromatic carbocycles. The molecule has 0 aliphatic heterocycles. The van der Waals surface area contributed by atoms with Crippen LogP contribution < -0.4 is 0 Å². The quantitative estimate of drug-likeness (QED) is 0.517. The summed E-state index contributed by atoms with van der Waals surface area (Å²) < 4.78 is 0. The summed E-state index contributed by atoms with van der Waals surface area (Å²) in [6.07, 6.45) is 7.12. The molecule has 0 heterocycles. The molecule has 0 aliphatic carbocycles. The minimum absolute atomic E-state index is 0. The van der Waals surface area contributed by atoms with E-state index in [1.54, 1.807) is 33.4 Å². The Hall–Kier alpha value is -0.417. The summed E-state index contributed by atoms with van der Waals surface area (Å²) in [4.78, 5) is 0. The zero-order chi connectivity index (χ0) is 16.5. The van der Waals surface area contributed by atoms with Gasteiger partial charge in [0, 0.05) is 0 Å². The van der Waals surface area contributed by atoms with Crippen molar-refractivity contribution in [2.75, 3.05) is 0 Å². The van der Waals surface area contributed by atoms with Crippen molar-refractivity contribution in [3.8, 4) is 0 Å². The average molecular weight is 390 g/mol. The van der Waals surface area contributed by atoms with Crippen molar-refractivity contribution in [3.63, 3.8) is 0 Å². The largest absolute Gasteiger partial charge is 2.00 e. The molecule has 0 aliphatic rings. The molecule has 0 unspecified atom stereocenters. The first-order valence-electron chi connectivity index (χ1n) is 9.19. The topological polar surface area (TPSA) is 0 Å². The van der Waals surface area contributed by atoms with Crippen molar-refractivity contribution in [2.45, 2.75) is 80.1 Å². The molecule has 0 amide bonds. The molecule has 1 heteroatoms. The van der Waals surface area contributed by atoms with Crippen LogP contribution in [0.1, 0.15) is 74.9 Å². The van der Waals surface area contributed by atoms with Crippen LogP contribution >= 0.6 is 0 Å². The minimum atomic E-state index is 0. The Balaban J connectivity index is 0.000000403. The van der Waals surface area contributed by atoms with E-state index in [2.05, 4.69) is 65.8 Å². The van der Waals surface area contributed by atoms with E-state index >= 15 is 0 Å². The Morgan fingerprint density at radius 1 is 0.609 bits per heavy atom. The van der Waals surface area contributed by atoms with E-state index in [1.807, 2.05) is 0 Å². The molecular formula is C22H34Zr. The molecule has 0 N–H and O–H groups in total. The van der Waals surface area contributed by atoms with Gasteiger partial charge in [0.15, 0.2) is 0 Å². The zero-order valence-corrected chi connectivity index (χ0v) is 18.5. The number of rotatable bonds is 6. The number of aryl methyl sites for hydroxylation is 4. The van der Waals surface area contributed by atoms with Crippen LogP contribution in [0.3, 0.4) is 0 Å². The summed E-state index contributed by atoms with van der Waals surface area (Å²) >= 11 is 0. The molecule has 0 bridgehead atoms. The van der Waals surface area contributed by atoms with E-state index in [0.717, 1.165) is 0 Å². The second kappa shape index (κ2) is 12.0. The number of hydrogen-bond donors (Lipinski definition) is 0. The molecule has 23 heavy (non-hydrogen) atoms. The van der Waals surface area contributed by atoms with Crippen molar-refractivity contribution in [1.82, 2.24) is 0 Å². The fourth-order valence-corrected chi connectivity index (χ4v) is 3.45. The molecule has 0 aromatic heterocycles. The molecule has 0 nitrogen and oxygen atoms in total. The predicted octanol–water partition coefficient (Wildman–Crippen LogP) is 6.18. The molecule has 0 spiro atoms. The summed E-state index contributed by atoms with van der Waals surface area (Å²) in [6, 6.07) is 9.10.